The van der Waals surface area contributed by atoms with Gasteiger partial charge in [-0.2, -0.15) is 9.30 Å². The monoisotopic (exact) mass is 565 g/mol. The van der Waals surface area contributed by atoms with E-state index in [0.717, 1.165) is 22.7 Å². The van der Waals surface area contributed by atoms with Gasteiger partial charge in [-0.1, -0.05) is 17.4 Å². The van der Waals surface area contributed by atoms with E-state index in [1.165, 1.54) is 4.31 Å². The number of thiazole rings is 1. The molecule has 2 aromatic heterocycles. The van der Waals surface area contributed by atoms with Crippen LogP contribution in [0.4, 0.5) is 0 Å². The average molecular weight is 566 g/mol. The zero-order valence-electron chi connectivity index (χ0n) is 20.4. The quantitative estimate of drug-likeness (QED) is 0.385. The summed E-state index contributed by atoms with van der Waals surface area (Å²) in [6.45, 7) is 4.08. The summed E-state index contributed by atoms with van der Waals surface area (Å²) in [6.07, 6.45) is 1.04. The van der Waals surface area contributed by atoms with Gasteiger partial charge in [0.1, 0.15) is 10.8 Å². The minimum absolute atomic E-state index is 0.0400. The first-order chi connectivity index (χ1) is 17.7. The van der Waals surface area contributed by atoms with Crippen LogP contribution >= 0.6 is 22.7 Å². The molecule has 1 aromatic carbocycles. The Balaban J connectivity index is 1.67. The Labute approximate surface area is 222 Å². The first-order valence-corrected chi connectivity index (χ1v) is 15.0. The van der Waals surface area contributed by atoms with E-state index in [0.29, 0.717) is 35.2 Å². The fourth-order valence-corrected chi connectivity index (χ4v) is 7.82. The number of amides is 1. The molecule has 0 saturated carbocycles. The molecule has 0 N–H and O–H groups in total. The van der Waals surface area contributed by atoms with E-state index in [4.69, 9.17) is 9.47 Å². The highest BCUT2D eigenvalue weighted by Gasteiger charge is 2.34. The molecular weight excluding hydrogens is 538 g/mol. The summed E-state index contributed by atoms with van der Waals surface area (Å²) in [5.74, 6) is -2.03. The molecule has 3 heterocycles. The highest BCUT2D eigenvalue weighted by atomic mass is 32.2. The van der Waals surface area contributed by atoms with Crippen molar-refractivity contribution in [3.63, 3.8) is 0 Å². The van der Waals surface area contributed by atoms with Crippen LogP contribution in [0.3, 0.4) is 0 Å². The normalized spacial score (nSPS) is 17.1. The highest BCUT2D eigenvalue weighted by molar-refractivity contribution is 7.91. The van der Waals surface area contributed by atoms with Crippen LogP contribution in [0.15, 0.2) is 44.9 Å². The van der Waals surface area contributed by atoms with Gasteiger partial charge in [0.2, 0.25) is 0 Å². The second-order valence-corrected chi connectivity index (χ2v) is 12.4. The second kappa shape index (κ2) is 11.7. The number of esters is 2. The van der Waals surface area contributed by atoms with Crippen molar-refractivity contribution in [2.24, 2.45) is 10.9 Å². The number of sulfonamides is 1. The number of hydrogen-bond donors (Lipinski definition) is 0. The van der Waals surface area contributed by atoms with Gasteiger partial charge < -0.3 is 14.0 Å². The number of piperidine rings is 1. The lowest BCUT2D eigenvalue weighted by molar-refractivity contribution is -0.143. The van der Waals surface area contributed by atoms with Crippen LogP contribution in [0.1, 0.15) is 37.0 Å². The van der Waals surface area contributed by atoms with Crippen molar-refractivity contribution in [1.82, 2.24) is 8.87 Å². The van der Waals surface area contributed by atoms with Crippen molar-refractivity contribution in [2.75, 3.05) is 26.3 Å². The van der Waals surface area contributed by atoms with Crippen LogP contribution in [0.5, 0.6) is 0 Å². The van der Waals surface area contributed by atoms with Crippen LogP contribution in [0.25, 0.3) is 10.2 Å². The molecule has 1 unspecified atom stereocenters. The highest BCUT2D eigenvalue weighted by Crippen LogP contribution is 2.27. The smallest absolute Gasteiger partial charge is 0.338 e. The summed E-state index contributed by atoms with van der Waals surface area (Å²) in [5, 5.41) is 1.70. The fourth-order valence-electron chi connectivity index (χ4n) is 4.07. The summed E-state index contributed by atoms with van der Waals surface area (Å²) in [7, 11) is -3.68. The number of benzene rings is 1. The minimum Gasteiger partial charge on any atom is -0.465 e. The van der Waals surface area contributed by atoms with Crippen molar-refractivity contribution >= 4 is 60.8 Å². The largest absolute Gasteiger partial charge is 0.465 e. The molecule has 0 aliphatic carbocycles. The predicted octanol–water partition coefficient (Wildman–Crippen LogP) is 3.03. The SMILES string of the molecule is CCOC(=O)Cn1c(=NC(=O)C2CCCN(S(=O)(=O)c3cccs3)C2)sc2cc(C(=O)OCC)ccc21. The molecule has 1 aliphatic rings. The van der Waals surface area contributed by atoms with E-state index >= 15 is 0 Å². The second-order valence-electron chi connectivity index (χ2n) is 8.26. The Morgan fingerprint density at radius 2 is 1.92 bits per heavy atom. The van der Waals surface area contributed by atoms with Gasteiger partial charge in [-0.15, -0.1) is 11.3 Å². The van der Waals surface area contributed by atoms with E-state index in [2.05, 4.69) is 4.99 Å². The molecule has 0 radical (unpaired) electrons. The molecule has 3 aromatic rings. The molecule has 1 atom stereocenters. The van der Waals surface area contributed by atoms with E-state index in [-0.39, 0.29) is 35.3 Å². The van der Waals surface area contributed by atoms with Crippen LogP contribution in [-0.4, -0.2) is 61.4 Å². The van der Waals surface area contributed by atoms with Crippen LogP contribution in [0, 0.1) is 5.92 Å². The van der Waals surface area contributed by atoms with Crippen molar-refractivity contribution in [3.8, 4) is 0 Å². The Kier molecular flexibility index (Phi) is 8.57. The zero-order chi connectivity index (χ0) is 26.6. The molecular formula is C24H27N3O7S3. The van der Waals surface area contributed by atoms with Crippen LogP contribution in [-0.2, 0) is 35.6 Å². The molecule has 37 heavy (non-hydrogen) atoms. The van der Waals surface area contributed by atoms with Crippen molar-refractivity contribution in [3.05, 3.63) is 46.1 Å². The van der Waals surface area contributed by atoms with E-state index in [9.17, 15) is 22.8 Å². The van der Waals surface area contributed by atoms with Gasteiger partial charge in [-0.25, -0.2) is 13.2 Å². The van der Waals surface area contributed by atoms with Gasteiger partial charge in [0.05, 0.1) is 34.9 Å². The lowest BCUT2D eigenvalue weighted by atomic mass is 9.99. The maximum absolute atomic E-state index is 13.2. The fraction of sp³-hybridized carbons (Fsp3) is 0.417. The van der Waals surface area contributed by atoms with E-state index < -0.39 is 33.8 Å². The van der Waals surface area contributed by atoms with Gasteiger partial charge in [0.25, 0.3) is 15.9 Å². The summed E-state index contributed by atoms with van der Waals surface area (Å²) in [5.41, 5.74) is 0.960. The lowest BCUT2D eigenvalue weighted by Gasteiger charge is -2.29. The topological polar surface area (TPSA) is 124 Å². The van der Waals surface area contributed by atoms with Crippen LogP contribution in [0.2, 0.25) is 0 Å². The van der Waals surface area contributed by atoms with Gasteiger partial charge in [-0.3, -0.25) is 9.59 Å². The third kappa shape index (κ3) is 6.00. The first kappa shape index (κ1) is 27.2. The Hall–Kier alpha value is -2.87. The Morgan fingerprint density at radius 1 is 1.14 bits per heavy atom. The number of ether oxygens (including phenoxy) is 2. The van der Waals surface area contributed by atoms with Gasteiger partial charge in [-0.05, 0) is 56.3 Å². The molecule has 10 nitrogen and oxygen atoms in total. The summed E-state index contributed by atoms with van der Waals surface area (Å²) >= 11 is 2.30. The number of hydrogen-bond acceptors (Lipinski definition) is 9. The summed E-state index contributed by atoms with van der Waals surface area (Å²) in [6, 6.07) is 8.14. The van der Waals surface area contributed by atoms with Crippen molar-refractivity contribution in [2.45, 2.75) is 37.4 Å². The first-order valence-electron chi connectivity index (χ1n) is 11.8. The van der Waals surface area contributed by atoms with Crippen LogP contribution < -0.4 is 4.80 Å². The van der Waals surface area contributed by atoms with E-state index in [1.54, 1.807) is 54.1 Å². The number of fused-ring (bicyclic) bond motifs is 1. The summed E-state index contributed by atoms with van der Waals surface area (Å²) in [4.78, 5) is 42.3. The van der Waals surface area contributed by atoms with Gasteiger partial charge >= 0.3 is 11.9 Å². The number of aromatic nitrogens is 1. The number of thiophene rings is 1. The molecule has 1 aliphatic heterocycles. The number of carbonyl (C=O) groups excluding carboxylic acids is 3. The van der Waals surface area contributed by atoms with Crippen molar-refractivity contribution in [1.29, 1.82) is 0 Å². The third-order valence-electron chi connectivity index (χ3n) is 5.81. The zero-order valence-corrected chi connectivity index (χ0v) is 22.9. The maximum atomic E-state index is 13.2. The van der Waals surface area contributed by atoms with Gasteiger partial charge in [0, 0.05) is 13.1 Å². The number of rotatable bonds is 8. The lowest BCUT2D eigenvalue weighted by Crippen LogP contribution is -2.42. The molecule has 1 fully saturated rings. The number of nitrogens with zero attached hydrogens (tertiary/aromatic N) is 3. The van der Waals surface area contributed by atoms with Crippen molar-refractivity contribution < 1.29 is 32.3 Å². The molecule has 1 saturated heterocycles. The third-order valence-corrected chi connectivity index (χ3v) is 10.1. The molecule has 4 rings (SSSR count). The average Bonchev–Trinajstić information content (AvgIpc) is 3.53. The molecule has 1 amide bonds. The number of carbonyl (C=O) groups is 3. The molecule has 0 spiro atoms. The molecule has 198 valence electrons. The summed E-state index contributed by atoms with van der Waals surface area (Å²) < 4.78 is 39.9. The van der Waals surface area contributed by atoms with E-state index in [1.807, 2.05) is 0 Å². The standard InChI is InChI=1S/C24H27N3O7S3/c1-3-33-20(28)15-27-18-10-9-16(23(30)34-4-2)13-19(18)36-24(27)25-22(29)17-7-5-11-26(14-17)37(31,32)21-8-6-12-35-21/h6,8-10,12-13,17H,3-5,7,11,14-15H2,1-2H3. The predicted molar refractivity (Wildman–Crippen MR) is 139 cm³/mol. The minimum atomic E-state index is -3.68. The maximum Gasteiger partial charge on any atom is 0.338 e. The van der Waals surface area contributed by atoms with Gasteiger partial charge in [0.15, 0.2) is 4.80 Å². The Bertz CT molecular complexity index is 1470. The Morgan fingerprint density at radius 3 is 2.62 bits per heavy atom. The molecule has 13 heteroatoms. The molecule has 0 bridgehead atoms.